The molecule has 1 fully saturated rings. The number of hydrogen-bond acceptors (Lipinski definition) is 6. The molecule has 10 heteroatoms. The van der Waals surface area contributed by atoms with E-state index in [1.54, 1.807) is 4.90 Å². The van der Waals surface area contributed by atoms with Gasteiger partial charge in [0.1, 0.15) is 6.33 Å². The van der Waals surface area contributed by atoms with Crippen LogP contribution < -0.4 is 10.2 Å². The maximum absolute atomic E-state index is 14.5. The molecule has 1 N–H and O–H groups in total. The van der Waals surface area contributed by atoms with Crippen LogP contribution in [0.4, 0.5) is 29.2 Å². The zero-order valence-electron chi connectivity index (χ0n) is 13.2. The molecule has 0 spiro atoms. The minimum Gasteiger partial charge on any atom is -0.377 e. The number of ether oxygens (including phenoxy) is 1. The Hall–Kier alpha value is -2.49. The lowest BCUT2D eigenvalue weighted by Crippen LogP contribution is -2.41. The number of hydrogen-bond donors (Lipinski definition) is 1. The van der Waals surface area contributed by atoms with Crippen LogP contribution in [0.5, 0.6) is 0 Å². The summed E-state index contributed by atoms with van der Waals surface area (Å²) in [5.74, 6) is -0.547. The molecule has 1 atom stereocenters. The molecule has 0 amide bonds. The first-order chi connectivity index (χ1) is 11.9. The predicted octanol–water partition coefficient (Wildman–Crippen LogP) is 2.65. The van der Waals surface area contributed by atoms with Crippen molar-refractivity contribution in [3.63, 3.8) is 0 Å². The van der Waals surface area contributed by atoms with Crippen molar-refractivity contribution < 1.29 is 22.3 Å². The van der Waals surface area contributed by atoms with Crippen LogP contribution in [0.2, 0.25) is 0 Å². The summed E-state index contributed by atoms with van der Waals surface area (Å²) in [6, 6.07) is 1.67. The van der Waals surface area contributed by atoms with Crippen LogP contribution in [0.15, 0.2) is 24.7 Å². The number of pyridine rings is 1. The van der Waals surface area contributed by atoms with Crippen LogP contribution >= 0.6 is 0 Å². The Kier molecular flexibility index (Phi) is 4.71. The van der Waals surface area contributed by atoms with Gasteiger partial charge in [0.2, 0.25) is 5.82 Å². The molecule has 2 aromatic heterocycles. The fraction of sp³-hybridized carbons (Fsp3) is 0.400. The lowest BCUT2D eigenvalue weighted by atomic mass is 10.1. The van der Waals surface area contributed by atoms with Gasteiger partial charge in [-0.15, -0.1) is 0 Å². The van der Waals surface area contributed by atoms with Crippen LogP contribution in [0.3, 0.4) is 0 Å². The van der Waals surface area contributed by atoms with E-state index >= 15 is 0 Å². The first-order valence-electron chi connectivity index (χ1n) is 7.47. The average Bonchev–Trinajstić information content (AvgIpc) is 2.61. The van der Waals surface area contributed by atoms with E-state index in [1.807, 2.05) is 0 Å². The fourth-order valence-electron chi connectivity index (χ4n) is 2.61. The lowest BCUT2D eigenvalue weighted by Gasteiger charge is -2.36. The number of nitrogens with one attached hydrogen (secondary N) is 1. The van der Waals surface area contributed by atoms with Crippen molar-refractivity contribution in [1.82, 2.24) is 15.0 Å². The number of aromatic nitrogens is 3. The van der Waals surface area contributed by atoms with Crippen LogP contribution in [0.25, 0.3) is 0 Å². The minimum atomic E-state index is -4.46. The van der Waals surface area contributed by atoms with E-state index < -0.39 is 23.6 Å². The Morgan fingerprint density at radius 2 is 2.04 bits per heavy atom. The molecule has 1 saturated heterocycles. The van der Waals surface area contributed by atoms with Gasteiger partial charge in [-0.25, -0.2) is 9.97 Å². The summed E-state index contributed by atoms with van der Waals surface area (Å²) in [7, 11) is 1.53. The molecule has 0 aromatic carbocycles. The molecule has 3 heterocycles. The number of anilines is 2. The van der Waals surface area contributed by atoms with Crippen LogP contribution in [0, 0.1) is 5.82 Å². The van der Waals surface area contributed by atoms with Crippen molar-refractivity contribution in [2.75, 3.05) is 37.0 Å². The smallest absolute Gasteiger partial charge is 0.377 e. The molecule has 1 aliphatic rings. The monoisotopic (exact) mass is 357 g/mol. The standard InChI is InChI=1S/C15H15F4N5O/c1-20-13-12(16)14(23-8-22-13)24-4-5-25-7-11(24)10-3-2-9(6-21-10)15(17,18)19/h2-3,6,8,11H,4-5,7H2,1H3,(H,20,22,23)/t11-/m1/s1. The second kappa shape index (κ2) is 6.79. The maximum atomic E-state index is 14.5. The molecule has 3 rings (SSSR count). The Morgan fingerprint density at radius 3 is 2.68 bits per heavy atom. The van der Waals surface area contributed by atoms with Gasteiger partial charge < -0.3 is 15.0 Å². The normalized spacial score (nSPS) is 18.3. The quantitative estimate of drug-likeness (QED) is 0.852. The molecule has 25 heavy (non-hydrogen) atoms. The summed E-state index contributed by atoms with van der Waals surface area (Å²) in [6.07, 6.45) is -2.48. The molecule has 0 bridgehead atoms. The third-order valence-electron chi connectivity index (χ3n) is 3.86. The van der Waals surface area contributed by atoms with E-state index in [2.05, 4.69) is 20.3 Å². The van der Waals surface area contributed by atoms with Crippen molar-refractivity contribution in [2.24, 2.45) is 0 Å². The SMILES string of the molecule is CNc1ncnc(N2CCOC[C@@H]2c2ccc(C(F)(F)F)cn2)c1F. The summed E-state index contributed by atoms with van der Waals surface area (Å²) in [5, 5.41) is 2.63. The number of nitrogens with zero attached hydrogens (tertiary/aromatic N) is 4. The van der Waals surface area contributed by atoms with E-state index in [-0.39, 0.29) is 18.2 Å². The Bertz CT molecular complexity index is 738. The second-order valence-corrected chi connectivity index (χ2v) is 5.36. The molecule has 0 aliphatic carbocycles. The second-order valence-electron chi connectivity index (χ2n) is 5.36. The van der Waals surface area contributed by atoms with Crippen molar-refractivity contribution in [2.45, 2.75) is 12.2 Å². The third-order valence-corrected chi connectivity index (χ3v) is 3.86. The van der Waals surface area contributed by atoms with E-state index in [0.717, 1.165) is 12.3 Å². The molecular weight excluding hydrogens is 342 g/mol. The van der Waals surface area contributed by atoms with E-state index in [0.29, 0.717) is 18.8 Å². The van der Waals surface area contributed by atoms with Crippen molar-refractivity contribution in [3.8, 4) is 0 Å². The molecule has 0 radical (unpaired) electrons. The molecule has 0 unspecified atom stereocenters. The van der Waals surface area contributed by atoms with Crippen molar-refractivity contribution in [3.05, 3.63) is 41.7 Å². The summed E-state index contributed by atoms with van der Waals surface area (Å²) >= 11 is 0. The summed E-state index contributed by atoms with van der Waals surface area (Å²) in [6.45, 7) is 0.830. The highest BCUT2D eigenvalue weighted by molar-refractivity contribution is 5.52. The Balaban J connectivity index is 1.94. The zero-order valence-corrected chi connectivity index (χ0v) is 13.2. The van der Waals surface area contributed by atoms with Crippen LogP contribution in [-0.2, 0) is 10.9 Å². The zero-order chi connectivity index (χ0) is 18.0. The van der Waals surface area contributed by atoms with E-state index in [9.17, 15) is 17.6 Å². The number of alkyl halides is 3. The highest BCUT2D eigenvalue weighted by atomic mass is 19.4. The highest BCUT2D eigenvalue weighted by Crippen LogP contribution is 2.33. The molecular formula is C15H15F4N5O. The number of rotatable bonds is 3. The maximum Gasteiger partial charge on any atom is 0.417 e. The predicted molar refractivity (Wildman–Crippen MR) is 81.7 cm³/mol. The average molecular weight is 357 g/mol. The van der Waals surface area contributed by atoms with Gasteiger partial charge in [0.25, 0.3) is 0 Å². The number of morpholine rings is 1. The molecule has 6 nitrogen and oxygen atoms in total. The van der Waals surface area contributed by atoms with Crippen LogP contribution in [-0.4, -0.2) is 41.8 Å². The molecule has 0 saturated carbocycles. The fourth-order valence-corrected chi connectivity index (χ4v) is 2.61. The van der Waals surface area contributed by atoms with Gasteiger partial charge in [0, 0.05) is 19.8 Å². The molecule has 2 aromatic rings. The first-order valence-corrected chi connectivity index (χ1v) is 7.47. The highest BCUT2D eigenvalue weighted by Gasteiger charge is 2.33. The van der Waals surface area contributed by atoms with Gasteiger partial charge in [0.05, 0.1) is 30.5 Å². The van der Waals surface area contributed by atoms with Crippen molar-refractivity contribution in [1.29, 1.82) is 0 Å². The topological polar surface area (TPSA) is 63.2 Å². The van der Waals surface area contributed by atoms with Gasteiger partial charge in [0.15, 0.2) is 11.6 Å². The molecule has 1 aliphatic heterocycles. The van der Waals surface area contributed by atoms with Crippen molar-refractivity contribution >= 4 is 11.6 Å². The minimum absolute atomic E-state index is 0.0376. The van der Waals surface area contributed by atoms with Gasteiger partial charge in [-0.1, -0.05) is 0 Å². The first kappa shape index (κ1) is 17.3. The van der Waals surface area contributed by atoms with E-state index in [1.165, 1.54) is 19.4 Å². The van der Waals surface area contributed by atoms with Gasteiger partial charge in [-0.05, 0) is 12.1 Å². The van der Waals surface area contributed by atoms with Gasteiger partial charge >= 0.3 is 6.18 Å². The summed E-state index contributed by atoms with van der Waals surface area (Å²) in [5.41, 5.74) is -0.498. The summed E-state index contributed by atoms with van der Waals surface area (Å²) < 4.78 is 58.0. The van der Waals surface area contributed by atoms with Gasteiger partial charge in [-0.3, -0.25) is 4.98 Å². The third kappa shape index (κ3) is 3.48. The van der Waals surface area contributed by atoms with Gasteiger partial charge in [-0.2, -0.15) is 17.6 Å². The van der Waals surface area contributed by atoms with Crippen LogP contribution in [0.1, 0.15) is 17.3 Å². The lowest BCUT2D eigenvalue weighted by molar-refractivity contribution is -0.137. The summed E-state index contributed by atoms with van der Waals surface area (Å²) in [4.78, 5) is 13.3. The largest absolute Gasteiger partial charge is 0.417 e. The molecule has 134 valence electrons. The van der Waals surface area contributed by atoms with E-state index in [4.69, 9.17) is 4.74 Å². The number of halogens is 4. The Morgan fingerprint density at radius 1 is 1.24 bits per heavy atom. The Labute approximate surface area is 140 Å².